The zero-order valence-corrected chi connectivity index (χ0v) is 22.9. The minimum Gasteiger partial charge on any atom is -0.404 e. The van der Waals surface area contributed by atoms with Gasteiger partial charge in [0, 0.05) is 23.1 Å². The molecule has 4 rings (SSSR count). The van der Waals surface area contributed by atoms with E-state index in [-0.39, 0.29) is 22.6 Å². The number of aromatic nitrogens is 2. The maximum Gasteiger partial charge on any atom is 0.530 e. The van der Waals surface area contributed by atoms with E-state index in [1.54, 1.807) is 36.4 Å². The molecule has 16 heteroatoms. The minimum atomic E-state index is -4.43. The molecule has 2 aromatic carbocycles. The van der Waals surface area contributed by atoms with Crippen molar-refractivity contribution in [1.29, 1.82) is 0 Å². The molecule has 1 saturated heterocycles. The molecule has 40 heavy (non-hydrogen) atoms. The van der Waals surface area contributed by atoms with E-state index in [9.17, 15) is 22.6 Å². The number of azide groups is 1. The third-order valence-corrected chi connectivity index (χ3v) is 9.01. The van der Waals surface area contributed by atoms with Crippen molar-refractivity contribution in [3.8, 4) is 5.75 Å². The molecule has 1 N–H and O–H groups in total. The molecule has 3 aromatic rings. The highest BCUT2D eigenvalue weighted by Gasteiger charge is 2.39. The zero-order chi connectivity index (χ0) is 28.8. The average Bonchev–Trinajstić information content (AvgIpc) is 3.33. The lowest BCUT2D eigenvalue weighted by molar-refractivity contribution is -0.0277. The van der Waals surface area contributed by atoms with Crippen molar-refractivity contribution in [3.63, 3.8) is 0 Å². The van der Waals surface area contributed by atoms with E-state index in [1.165, 1.54) is 37.4 Å². The van der Waals surface area contributed by atoms with Crippen LogP contribution in [0.15, 0.2) is 86.5 Å². The maximum atomic E-state index is 13.6. The van der Waals surface area contributed by atoms with Crippen LogP contribution in [0.1, 0.15) is 18.2 Å². The number of para-hydroxylation sites is 1. The van der Waals surface area contributed by atoms with E-state index < -0.39 is 66.2 Å². The first-order valence-corrected chi connectivity index (χ1v) is 15.1. The second kappa shape index (κ2) is 12.6. The first-order valence-electron chi connectivity index (χ1n) is 12.0. The number of phosphoric ester groups is 1. The van der Waals surface area contributed by atoms with Crippen molar-refractivity contribution in [2.75, 3.05) is 19.0 Å². The van der Waals surface area contributed by atoms with Gasteiger partial charge in [0.2, 0.25) is 0 Å². The normalized spacial score (nSPS) is 20.4. The number of ether oxygens (including phenoxy) is 1. The summed E-state index contributed by atoms with van der Waals surface area (Å²) in [7, 11) is -8.17. The highest BCUT2D eigenvalue weighted by molar-refractivity contribution is 7.91. The first-order chi connectivity index (χ1) is 19.1. The molecule has 2 heterocycles. The lowest BCUT2D eigenvalue weighted by atomic mass is 10.1. The molecular formula is C24H26N5O9PS. The standard InChI is InChI=1S/C24H26N5O9PS/c1-17-15-29(24(31)26-23(17)30)22-14-20(27-28-25)21(37-22)16-36-39(32,38-18-8-4-2-5-9-18)35-12-13-40(33,34)19-10-6-3-7-11-19/h2-11,15,20-22H,12-14,16H2,1H3,(H,26,30,31)/t20-,21+,22+,39?/m0/s1. The summed E-state index contributed by atoms with van der Waals surface area (Å²) >= 11 is 0. The Morgan fingerprint density at radius 2 is 1.80 bits per heavy atom. The van der Waals surface area contributed by atoms with Crippen LogP contribution in [0.25, 0.3) is 10.4 Å². The van der Waals surface area contributed by atoms with Gasteiger partial charge in [0.1, 0.15) is 12.0 Å². The Balaban J connectivity index is 1.50. The molecule has 0 radical (unpaired) electrons. The summed E-state index contributed by atoms with van der Waals surface area (Å²) < 4.78 is 62.3. The number of rotatable bonds is 12. The van der Waals surface area contributed by atoms with Gasteiger partial charge in [-0.3, -0.25) is 23.4 Å². The number of hydrogen-bond acceptors (Lipinski definition) is 10. The molecule has 0 spiro atoms. The number of nitrogens with zero attached hydrogens (tertiary/aromatic N) is 4. The third kappa shape index (κ3) is 7.27. The molecule has 4 atom stereocenters. The van der Waals surface area contributed by atoms with Gasteiger partial charge in [-0.2, -0.15) is 0 Å². The summed E-state index contributed by atoms with van der Waals surface area (Å²) in [5.74, 6) is -0.357. The van der Waals surface area contributed by atoms with Gasteiger partial charge in [-0.15, -0.1) is 0 Å². The van der Waals surface area contributed by atoms with E-state index in [1.807, 2.05) is 0 Å². The molecule has 0 amide bonds. The number of nitrogens with one attached hydrogen (secondary N) is 1. The summed E-state index contributed by atoms with van der Waals surface area (Å²) in [4.78, 5) is 29.1. The Labute approximate surface area is 228 Å². The maximum absolute atomic E-state index is 13.6. The van der Waals surface area contributed by atoms with Gasteiger partial charge in [-0.1, -0.05) is 41.5 Å². The predicted molar refractivity (Wildman–Crippen MR) is 143 cm³/mol. The van der Waals surface area contributed by atoms with Gasteiger partial charge >= 0.3 is 13.5 Å². The fraction of sp³-hybridized carbons (Fsp3) is 0.333. The van der Waals surface area contributed by atoms with Crippen LogP contribution in [0.3, 0.4) is 0 Å². The number of hydrogen-bond donors (Lipinski definition) is 1. The van der Waals surface area contributed by atoms with Crippen molar-refractivity contribution in [1.82, 2.24) is 9.55 Å². The van der Waals surface area contributed by atoms with Crippen molar-refractivity contribution in [2.45, 2.75) is 36.6 Å². The van der Waals surface area contributed by atoms with Crippen LogP contribution < -0.4 is 15.8 Å². The number of sulfone groups is 1. The van der Waals surface area contributed by atoms with E-state index >= 15 is 0 Å². The highest BCUT2D eigenvalue weighted by atomic mass is 32.2. The van der Waals surface area contributed by atoms with Crippen LogP contribution in [-0.4, -0.2) is 49.1 Å². The van der Waals surface area contributed by atoms with Crippen LogP contribution in [0, 0.1) is 6.92 Å². The number of H-pyrrole nitrogens is 1. The predicted octanol–water partition coefficient (Wildman–Crippen LogP) is 3.51. The Morgan fingerprint density at radius 3 is 2.48 bits per heavy atom. The van der Waals surface area contributed by atoms with Crippen molar-refractivity contribution in [2.24, 2.45) is 5.11 Å². The van der Waals surface area contributed by atoms with Crippen molar-refractivity contribution >= 4 is 17.7 Å². The molecule has 1 aliphatic heterocycles. The summed E-state index contributed by atoms with van der Waals surface area (Å²) in [5.41, 5.74) is 8.03. The molecule has 0 bridgehead atoms. The Hall–Kier alpha value is -3.71. The number of phosphoric acid groups is 1. The monoisotopic (exact) mass is 591 g/mol. The molecule has 1 aliphatic rings. The molecule has 1 fully saturated rings. The van der Waals surface area contributed by atoms with Crippen LogP contribution in [0.2, 0.25) is 0 Å². The van der Waals surface area contributed by atoms with Gasteiger partial charge in [0.05, 0.1) is 36.0 Å². The van der Waals surface area contributed by atoms with Gasteiger partial charge < -0.3 is 9.26 Å². The molecule has 212 valence electrons. The SMILES string of the molecule is Cc1cn([C@H]2C[C@H](N=[N+]=[N-])[C@@H](COP(=O)(OCCS(=O)(=O)c3ccccc3)Oc3ccccc3)O2)c(=O)[nH]c1=O. The fourth-order valence-electron chi connectivity index (χ4n) is 3.89. The molecular weight excluding hydrogens is 565 g/mol. The van der Waals surface area contributed by atoms with E-state index in [0.717, 1.165) is 4.57 Å². The Morgan fingerprint density at radius 1 is 1.12 bits per heavy atom. The second-order valence-corrected chi connectivity index (χ2v) is 12.4. The lowest BCUT2D eigenvalue weighted by Gasteiger charge is -2.22. The van der Waals surface area contributed by atoms with Gasteiger partial charge in [0.25, 0.3) is 5.56 Å². The number of aryl methyl sites for hydroxylation is 1. The van der Waals surface area contributed by atoms with Crippen LogP contribution in [0.4, 0.5) is 0 Å². The van der Waals surface area contributed by atoms with Crippen LogP contribution in [-0.2, 0) is 28.2 Å². The summed E-state index contributed by atoms with van der Waals surface area (Å²) in [6.07, 6.45) is -0.520. The molecule has 0 saturated carbocycles. The van der Waals surface area contributed by atoms with Crippen molar-refractivity contribution < 1.29 is 31.3 Å². The van der Waals surface area contributed by atoms with Gasteiger partial charge in [-0.05, 0) is 36.7 Å². The third-order valence-electron chi connectivity index (χ3n) is 5.92. The smallest absolute Gasteiger partial charge is 0.404 e. The average molecular weight is 592 g/mol. The van der Waals surface area contributed by atoms with Gasteiger partial charge in [-0.25, -0.2) is 17.8 Å². The van der Waals surface area contributed by atoms with Gasteiger partial charge in [0.15, 0.2) is 9.84 Å². The van der Waals surface area contributed by atoms with Crippen LogP contribution >= 0.6 is 7.82 Å². The molecule has 14 nitrogen and oxygen atoms in total. The second-order valence-electron chi connectivity index (χ2n) is 8.73. The van der Waals surface area contributed by atoms with Crippen LogP contribution in [0.5, 0.6) is 5.75 Å². The lowest BCUT2D eigenvalue weighted by Crippen LogP contribution is -2.33. The topological polar surface area (TPSA) is 192 Å². The highest BCUT2D eigenvalue weighted by Crippen LogP contribution is 2.50. The first kappa shape index (κ1) is 29.3. The minimum absolute atomic E-state index is 0.0590. The fourth-order valence-corrected chi connectivity index (χ4v) is 6.33. The quantitative estimate of drug-likeness (QED) is 0.142. The molecule has 1 aromatic heterocycles. The molecule has 0 aliphatic carbocycles. The number of aromatic amines is 1. The van der Waals surface area contributed by atoms with E-state index in [0.29, 0.717) is 0 Å². The summed E-state index contributed by atoms with van der Waals surface area (Å²) in [5, 5.41) is 3.70. The zero-order valence-electron chi connectivity index (χ0n) is 21.2. The largest absolute Gasteiger partial charge is 0.530 e. The summed E-state index contributed by atoms with van der Waals surface area (Å²) in [6, 6.07) is 14.9. The van der Waals surface area contributed by atoms with Crippen molar-refractivity contribution in [3.05, 3.63) is 104 Å². The Kier molecular flexibility index (Phi) is 9.25. The van der Waals surface area contributed by atoms with E-state index in [4.69, 9.17) is 23.8 Å². The Bertz CT molecular complexity index is 1640. The van der Waals surface area contributed by atoms with E-state index in [2.05, 4.69) is 15.0 Å². The molecule has 1 unspecified atom stereocenters. The summed E-state index contributed by atoms with van der Waals surface area (Å²) in [6.45, 7) is 0.551. The number of benzene rings is 2.